The van der Waals surface area contributed by atoms with E-state index in [1.165, 1.54) is 38.5 Å². The highest BCUT2D eigenvalue weighted by Crippen LogP contribution is 2.20. The van der Waals surface area contributed by atoms with Crippen molar-refractivity contribution in [1.82, 2.24) is 0 Å². The quantitative estimate of drug-likeness (QED) is 0.605. The first-order valence-electron chi connectivity index (χ1n) is 8.35. The van der Waals surface area contributed by atoms with Crippen LogP contribution >= 0.6 is 0 Å². The molecule has 0 amide bonds. The maximum atomic E-state index is 12.1. The molecule has 0 saturated carbocycles. The van der Waals surface area contributed by atoms with Crippen LogP contribution < -0.4 is 10.2 Å². The first-order valence-corrected chi connectivity index (χ1v) is 8.35. The summed E-state index contributed by atoms with van der Waals surface area (Å²) in [5.74, 6) is 1.49. The molecule has 22 heavy (non-hydrogen) atoms. The van der Waals surface area contributed by atoms with Crippen LogP contribution in [0.5, 0.6) is 5.75 Å². The van der Waals surface area contributed by atoms with Crippen LogP contribution in [0.2, 0.25) is 0 Å². The topological polar surface area (TPSA) is 39.4 Å². The molecule has 0 aliphatic heterocycles. The van der Waals surface area contributed by atoms with E-state index in [9.17, 15) is 4.79 Å². The summed E-state index contributed by atoms with van der Waals surface area (Å²) in [5.41, 5.74) is 0.645. The fraction of sp³-hybridized carbons (Fsp3) is 0.526. The molecule has 2 aromatic rings. The van der Waals surface area contributed by atoms with Gasteiger partial charge in [-0.2, -0.15) is 0 Å². The summed E-state index contributed by atoms with van der Waals surface area (Å²) in [4.78, 5) is 12.1. The van der Waals surface area contributed by atoms with Gasteiger partial charge in [-0.15, -0.1) is 0 Å². The molecule has 0 atom stereocenters. The molecule has 2 rings (SSSR count). The maximum Gasteiger partial charge on any atom is 0.192 e. The zero-order valence-corrected chi connectivity index (χ0v) is 13.7. The third kappa shape index (κ3) is 4.62. The lowest BCUT2D eigenvalue weighted by molar-refractivity contribution is 0.413. The molecule has 120 valence electrons. The molecule has 0 aliphatic rings. The van der Waals surface area contributed by atoms with Gasteiger partial charge in [-0.3, -0.25) is 4.79 Å². The highest BCUT2D eigenvalue weighted by Gasteiger charge is 2.06. The van der Waals surface area contributed by atoms with Crippen molar-refractivity contribution in [2.75, 3.05) is 7.11 Å². The van der Waals surface area contributed by atoms with Crippen molar-refractivity contribution in [2.24, 2.45) is 0 Å². The predicted octanol–water partition coefficient (Wildman–Crippen LogP) is 5.09. The van der Waals surface area contributed by atoms with Crippen LogP contribution in [0.3, 0.4) is 0 Å². The minimum Gasteiger partial charge on any atom is -0.497 e. The number of aryl methyl sites for hydroxylation is 1. The van der Waals surface area contributed by atoms with Crippen LogP contribution in [0.1, 0.15) is 57.6 Å². The third-order valence-corrected chi connectivity index (χ3v) is 4.01. The van der Waals surface area contributed by atoms with Gasteiger partial charge in [0.15, 0.2) is 5.43 Å². The van der Waals surface area contributed by atoms with Crippen molar-refractivity contribution in [3.63, 3.8) is 0 Å². The molecule has 1 heterocycles. The fourth-order valence-electron chi connectivity index (χ4n) is 2.69. The molecule has 0 saturated heterocycles. The lowest BCUT2D eigenvalue weighted by Gasteiger charge is -2.05. The Morgan fingerprint density at radius 3 is 2.45 bits per heavy atom. The Labute approximate surface area is 132 Å². The summed E-state index contributed by atoms with van der Waals surface area (Å²) in [7, 11) is 1.61. The minimum atomic E-state index is 0.0295. The van der Waals surface area contributed by atoms with Crippen LogP contribution in [0, 0.1) is 0 Å². The van der Waals surface area contributed by atoms with E-state index in [2.05, 4.69) is 6.92 Å². The van der Waals surface area contributed by atoms with Gasteiger partial charge in [0.1, 0.15) is 17.1 Å². The van der Waals surface area contributed by atoms with Gasteiger partial charge in [0.25, 0.3) is 0 Å². The number of fused-ring (bicyclic) bond motifs is 1. The molecule has 3 nitrogen and oxygen atoms in total. The van der Waals surface area contributed by atoms with E-state index in [0.717, 1.165) is 18.6 Å². The van der Waals surface area contributed by atoms with Crippen molar-refractivity contribution < 1.29 is 9.15 Å². The summed E-state index contributed by atoms with van der Waals surface area (Å²) in [5, 5.41) is 0.615. The van der Waals surface area contributed by atoms with Crippen LogP contribution in [0.15, 0.2) is 33.5 Å². The van der Waals surface area contributed by atoms with Crippen molar-refractivity contribution in [1.29, 1.82) is 0 Å². The second-order valence-electron chi connectivity index (χ2n) is 5.81. The van der Waals surface area contributed by atoms with Crippen LogP contribution in [0.25, 0.3) is 11.0 Å². The van der Waals surface area contributed by atoms with E-state index in [-0.39, 0.29) is 5.43 Å². The molecule has 0 spiro atoms. The summed E-state index contributed by atoms with van der Waals surface area (Å²) in [6.45, 7) is 2.23. The lowest BCUT2D eigenvalue weighted by Crippen LogP contribution is -2.02. The van der Waals surface area contributed by atoms with Crippen molar-refractivity contribution in [3.05, 3.63) is 40.2 Å². The average molecular weight is 302 g/mol. The number of hydrogen-bond donors (Lipinski definition) is 0. The number of methoxy groups -OCH3 is 1. The van der Waals surface area contributed by atoms with Gasteiger partial charge in [-0.25, -0.2) is 0 Å². The Morgan fingerprint density at radius 1 is 1.00 bits per heavy atom. The smallest absolute Gasteiger partial charge is 0.192 e. The third-order valence-electron chi connectivity index (χ3n) is 4.01. The summed E-state index contributed by atoms with van der Waals surface area (Å²) >= 11 is 0. The standard InChI is InChI=1S/C19H26O3/c1-3-4-5-6-7-8-9-10-16-13-18(20)17-12-11-15(21-2)14-19(17)22-16/h11-14H,3-10H2,1-2H3. The highest BCUT2D eigenvalue weighted by molar-refractivity contribution is 5.77. The molecule has 1 aromatic heterocycles. The average Bonchev–Trinajstić information content (AvgIpc) is 2.53. The van der Waals surface area contributed by atoms with E-state index >= 15 is 0 Å². The molecule has 0 N–H and O–H groups in total. The molecule has 0 unspecified atom stereocenters. The molecular formula is C19H26O3. The molecule has 0 aliphatic carbocycles. The van der Waals surface area contributed by atoms with Gasteiger partial charge in [-0.1, -0.05) is 45.4 Å². The van der Waals surface area contributed by atoms with E-state index in [0.29, 0.717) is 16.7 Å². The van der Waals surface area contributed by atoms with E-state index in [4.69, 9.17) is 9.15 Å². The number of rotatable bonds is 9. The highest BCUT2D eigenvalue weighted by atomic mass is 16.5. The maximum absolute atomic E-state index is 12.1. The number of unbranched alkanes of at least 4 members (excludes halogenated alkanes) is 6. The van der Waals surface area contributed by atoms with Crippen molar-refractivity contribution >= 4 is 11.0 Å². The Balaban J connectivity index is 1.92. The lowest BCUT2D eigenvalue weighted by atomic mass is 10.1. The van der Waals surface area contributed by atoms with Gasteiger partial charge in [0.2, 0.25) is 0 Å². The van der Waals surface area contributed by atoms with Crippen LogP contribution in [0.4, 0.5) is 0 Å². The molecular weight excluding hydrogens is 276 g/mol. The van der Waals surface area contributed by atoms with Gasteiger partial charge in [-0.05, 0) is 18.6 Å². The Hall–Kier alpha value is -1.77. The summed E-state index contributed by atoms with van der Waals surface area (Å²) in [6, 6.07) is 6.96. The normalized spacial score (nSPS) is 11.0. The van der Waals surface area contributed by atoms with Gasteiger partial charge >= 0.3 is 0 Å². The largest absolute Gasteiger partial charge is 0.497 e. The number of benzene rings is 1. The summed E-state index contributed by atoms with van der Waals surface area (Å²) in [6.07, 6.45) is 9.64. The minimum absolute atomic E-state index is 0.0295. The molecule has 1 aromatic carbocycles. The van der Waals surface area contributed by atoms with Gasteiger partial charge in [0.05, 0.1) is 12.5 Å². The van der Waals surface area contributed by atoms with Crippen molar-refractivity contribution in [2.45, 2.75) is 58.3 Å². The van der Waals surface area contributed by atoms with Crippen LogP contribution in [-0.2, 0) is 6.42 Å². The number of ether oxygens (including phenoxy) is 1. The summed E-state index contributed by atoms with van der Waals surface area (Å²) < 4.78 is 11.0. The molecule has 0 bridgehead atoms. The fourth-order valence-corrected chi connectivity index (χ4v) is 2.69. The second kappa shape index (κ2) is 8.62. The van der Waals surface area contributed by atoms with Crippen molar-refractivity contribution in [3.8, 4) is 5.75 Å². The first-order chi connectivity index (χ1) is 10.7. The van der Waals surface area contributed by atoms with Crippen LogP contribution in [-0.4, -0.2) is 7.11 Å². The Bertz CT molecular complexity index is 643. The second-order valence-corrected chi connectivity index (χ2v) is 5.81. The molecule has 3 heteroatoms. The van der Waals surface area contributed by atoms with Gasteiger partial charge in [0, 0.05) is 18.6 Å². The predicted molar refractivity (Wildman–Crippen MR) is 90.7 cm³/mol. The first kappa shape index (κ1) is 16.6. The van der Waals surface area contributed by atoms with E-state index in [1.54, 1.807) is 31.4 Å². The Kier molecular flexibility index (Phi) is 6.50. The molecule has 0 radical (unpaired) electrons. The SMILES string of the molecule is CCCCCCCCCc1cc(=O)c2ccc(OC)cc2o1. The Morgan fingerprint density at radius 2 is 1.73 bits per heavy atom. The monoisotopic (exact) mass is 302 g/mol. The number of hydrogen-bond acceptors (Lipinski definition) is 3. The zero-order valence-electron chi connectivity index (χ0n) is 13.7. The van der Waals surface area contributed by atoms with E-state index in [1.807, 2.05) is 0 Å². The van der Waals surface area contributed by atoms with E-state index < -0.39 is 0 Å². The van der Waals surface area contributed by atoms with Gasteiger partial charge < -0.3 is 9.15 Å². The zero-order chi connectivity index (χ0) is 15.8. The molecule has 0 fully saturated rings.